The highest BCUT2D eigenvalue weighted by Crippen LogP contribution is 2.22. The lowest BCUT2D eigenvalue weighted by atomic mass is 10.3. The number of nitrogens with one attached hydrogen (secondary N) is 2. The van der Waals surface area contributed by atoms with Crippen LogP contribution in [0.25, 0.3) is 5.69 Å². The predicted molar refractivity (Wildman–Crippen MR) is 115 cm³/mol. The first-order valence-corrected chi connectivity index (χ1v) is 10.7. The number of nitrogens with zero attached hydrogens (tertiary/aromatic N) is 2. The van der Waals surface area contributed by atoms with E-state index < -0.39 is 21.7 Å². The third kappa shape index (κ3) is 4.46. The summed E-state index contributed by atoms with van der Waals surface area (Å²) in [7, 11) is -4.06. The molecule has 0 bridgehead atoms. The van der Waals surface area contributed by atoms with Crippen molar-refractivity contribution in [1.29, 1.82) is 0 Å². The lowest BCUT2D eigenvalue weighted by Gasteiger charge is -2.11. The van der Waals surface area contributed by atoms with Crippen molar-refractivity contribution in [3.8, 4) is 5.69 Å². The van der Waals surface area contributed by atoms with Crippen molar-refractivity contribution in [3.63, 3.8) is 0 Å². The van der Waals surface area contributed by atoms with E-state index in [1.807, 2.05) is 30.3 Å². The van der Waals surface area contributed by atoms with E-state index >= 15 is 0 Å². The van der Waals surface area contributed by atoms with Gasteiger partial charge < -0.3 is 5.32 Å². The van der Waals surface area contributed by atoms with E-state index in [0.29, 0.717) is 0 Å². The molecule has 0 aliphatic carbocycles. The van der Waals surface area contributed by atoms with Crippen LogP contribution in [0.3, 0.4) is 0 Å². The van der Waals surface area contributed by atoms with E-state index in [9.17, 15) is 17.6 Å². The molecule has 0 spiro atoms. The lowest BCUT2D eigenvalue weighted by molar-refractivity contribution is 0.102. The largest absolute Gasteiger partial charge is 0.321 e. The number of benzene rings is 3. The van der Waals surface area contributed by atoms with Gasteiger partial charge in [0.25, 0.3) is 15.9 Å². The number of rotatable bonds is 6. The van der Waals surface area contributed by atoms with E-state index in [1.165, 1.54) is 48.9 Å². The van der Waals surface area contributed by atoms with Crippen molar-refractivity contribution in [2.45, 2.75) is 4.90 Å². The Bertz CT molecular complexity index is 1340. The predicted octanol–water partition coefficient (Wildman–Crippen LogP) is 4.06. The molecule has 156 valence electrons. The molecule has 4 aromatic rings. The van der Waals surface area contributed by atoms with Gasteiger partial charge >= 0.3 is 0 Å². The molecule has 0 atom stereocenters. The second-order valence-corrected chi connectivity index (χ2v) is 8.23. The molecule has 7 nitrogen and oxygen atoms in total. The fraction of sp³-hybridized carbons (Fsp3) is 0. The monoisotopic (exact) mass is 436 g/mol. The zero-order valence-corrected chi connectivity index (χ0v) is 16.9. The molecule has 0 saturated heterocycles. The van der Waals surface area contributed by atoms with Gasteiger partial charge in [0.15, 0.2) is 0 Å². The van der Waals surface area contributed by atoms with Gasteiger partial charge in [-0.1, -0.05) is 36.4 Å². The highest BCUT2D eigenvalue weighted by molar-refractivity contribution is 7.92. The number of carbonyl (C=O) groups is 1. The lowest BCUT2D eigenvalue weighted by Crippen LogP contribution is -2.17. The first-order valence-electron chi connectivity index (χ1n) is 9.20. The third-order valence-electron chi connectivity index (χ3n) is 4.43. The summed E-state index contributed by atoms with van der Waals surface area (Å²) in [5.74, 6) is -1.15. The molecule has 0 radical (unpaired) electrons. The Labute approximate surface area is 178 Å². The number of anilines is 2. The van der Waals surface area contributed by atoms with Crippen LogP contribution in [0.5, 0.6) is 0 Å². The van der Waals surface area contributed by atoms with Crippen molar-refractivity contribution in [2.24, 2.45) is 0 Å². The number of hydrogen-bond donors (Lipinski definition) is 2. The second-order valence-electron chi connectivity index (χ2n) is 6.55. The molecule has 1 aromatic heterocycles. The standard InChI is InChI=1S/C22H17FN4O3S/c23-19-11-4-5-12-20(19)26-31(29,30)18-10-6-7-16(13-18)25-22(28)21-14-24-15-27(21)17-8-2-1-3-9-17/h1-15,26H,(H,25,28). The Kier molecular flexibility index (Phi) is 5.50. The number of hydrogen-bond acceptors (Lipinski definition) is 4. The molecule has 9 heteroatoms. The molecule has 0 aliphatic rings. The molecule has 1 heterocycles. The summed E-state index contributed by atoms with van der Waals surface area (Å²) in [6.07, 6.45) is 2.94. The molecule has 3 aromatic carbocycles. The van der Waals surface area contributed by atoms with Crippen molar-refractivity contribution in [3.05, 3.63) is 103 Å². The topological polar surface area (TPSA) is 93.1 Å². The smallest absolute Gasteiger partial charge is 0.274 e. The number of imidazole rings is 1. The van der Waals surface area contributed by atoms with Crippen molar-refractivity contribution >= 4 is 27.3 Å². The summed E-state index contributed by atoms with van der Waals surface area (Å²) in [5.41, 5.74) is 1.14. The van der Waals surface area contributed by atoms with Crippen LogP contribution in [-0.2, 0) is 10.0 Å². The number of carbonyl (C=O) groups excluding carboxylic acids is 1. The number of sulfonamides is 1. The molecule has 0 unspecified atom stereocenters. The van der Waals surface area contributed by atoms with Crippen molar-refractivity contribution < 1.29 is 17.6 Å². The second kappa shape index (κ2) is 8.41. The average molecular weight is 436 g/mol. The fourth-order valence-electron chi connectivity index (χ4n) is 2.94. The van der Waals surface area contributed by atoms with E-state index in [0.717, 1.165) is 11.8 Å². The maximum Gasteiger partial charge on any atom is 0.274 e. The summed E-state index contributed by atoms with van der Waals surface area (Å²) < 4.78 is 43.0. The first-order chi connectivity index (χ1) is 14.9. The highest BCUT2D eigenvalue weighted by atomic mass is 32.2. The minimum atomic E-state index is -4.06. The van der Waals surface area contributed by atoms with Gasteiger partial charge in [0.05, 0.1) is 23.1 Å². The van der Waals surface area contributed by atoms with Gasteiger partial charge in [-0.25, -0.2) is 17.8 Å². The molecular weight excluding hydrogens is 419 g/mol. The summed E-state index contributed by atoms with van der Waals surface area (Å²) in [6.45, 7) is 0. The van der Waals surface area contributed by atoms with Gasteiger partial charge in [-0.2, -0.15) is 0 Å². The van der Waals surface area contributed by atoms with Crippen LogP contribution in [0.1, 0.15) is 10.5 Å². The van der Waals surface area contributed by atoms with E-state index in [2.05, 4.69) is 15.0 Å². The Hall–Kier alpha value is -3.98. The van der Waals surface area contributed by atoms with Crippen LogP contribution in [-0.4, -0.2) is 23.9 Å². The van der Waals surface area contributed by atoms with Crippen LogP contribution in [0.15, 0.2) is 96.3 Å². The summed E-state index contributed by atoms with van der Waals surface area (Å²) in [4.78, 5) is 16.7. The highest BCUT2D eigenvalue weighted by Gasteiger charge is 2.18. The van der Waals surface area contributed by atoms with Gasteiger partial charge in [-0.05, 0) is 42.5 Å². The Balaban J connectivity index is 1.57. The van der Waals surface area contributed by atoms with Gasteiger partial charge in [0.2, 0.25) is 0 Å². The SMILES string of the molecule is O=C(Nc1cccc(S(=O)(=O)Nc2ccccc2F)c1)c1cncn1-c1ccccc1. The Morgan fingerprint density at radius 3 is 2.45 bits per heavy atom. The first kappa shape index (κ1) is 20.3. The van der Waals surface area contributed by atoms with E-state index in [4.69, 9.17) is 0 Å². The van der Waals surface area contributed by atoms with Crippen LogP contribution in [0.4, 0.5) is 15.8 Å². The van der Waals surface area contributed by atoms with Gasteiger partial charge in [0, 0.05) is 11.4 Å². The average Bonchev–Trinajstić information content (AvgIpc) is 3.26. The number of amides is 1. The van der Waals surface area contributed by atoms with E-state index in [-0.39, 0.29) is 22.0 Å². The number of halogens is 1. The minimum absolute atomic E-state index is 0.120. The zero-order valence-electron chi connectivity index (χ0n) is 16.1. The maximum absolute atomic E-state index is 13.8. The zero-order chi connectivity index (χ0) is 21.8. The summed E-state index contributed by atoms with van der Waals surface area (Å²) in [5, 5.41) is 2.68. The van der Waals surface area contributed by atoms with Crippen LogP contribution < -0.4 is 10.0 Å². The van der Waals surface area contributed by atoms with Crippen molar-refractivity contribution in [1.82, 2.24) is 9.55 Å². The minimum Gasteiger partial charge on any atom is -0.321 e. The molecular formula is C22H17FN4O3S. The number of para-hydroxylation sites is 2. The third-order valence-corrected chi connectivity index (χ3v) is 5.79. The van der Waals surface area contributed by atoms with Crippen molar-refractivity contribution in [2.75, 3.05) is 10.0 Å². The molecule has 0 fully saturated rings. The van der Waals surface area contributed by atoms with Gasteiger partial charge in [0.1, 0.15) is 11.5 Å². The van der Waals surface area contributed by atoms with Gasteiger partial charge in [-0.15, -0.1) is 0 Å². The summed E-state index contributed by atoms with van der Waals surface area (Å²) in [6, 6.07) is 20.4. The molecule has 0 saturated carbocycles. The van der Waals surface area contributed by atoms with Crippen LogP contribution in [0.2, 0.25) is 0 Å². The van der Waals surface area contributed by atoms with E-state index in [1.54, 1.807) is 10.6 Å². The van der Waals surface area contributed by atoms with Gasteiger partial charge in [-0.3, -0.25) is 14.1 Å². The Morgan fingerprint density at radius 1 is 0.935 bits per heavy atom. The number of aromatic nitrogens is 2. The Morgan fingerprint density at radius 2 is 1.68 bits per heavy atom. The quantitative estimate of drug-likeness (QED) is 0.477. The summed E-state index contributed by atoms with van der Waals surface area (Å²) >= 11 is 0. The fourth-order valence-corrected chi connectivity index (χ4v) is 4.05. The molecule has 0 aliphatic heterocycles. The molecule has 4 rings (SSSR count). The maximum atomic E-state index is 13.8. The normalized spacial score (nSPS) is 11.1. The molecule has 2 N–H and O–H groups in total. The molecule has 31 heavy (non-hydrogen) atoms. The van der Waals surface area contributed by atoms with Crippen LogP contribution in [0, 0.1) is 5.82 Å². The molecule has 1 amide bonds. The van der Waals surface area contributed by atoms with Crippen LogP contribution >= 0.6 is 0 Å².